The van der Waals surface area contributed by atoms with Crippen LogP contribution >= 0.6 is 7.82 Å². The van der Waals surface area contributed by atoms with Crippen molar-refractivity contribution in [1.82, 2.24) is 0 Å². The van der Waals surface area contributed by atoms with Gasteiger partial charge in [0.2, 0.25) is 0 Å². The summed E-state index contributed by atoms with van der Waals surface area (Å²) in [5.74, 6) is -0.801. The summed E-state index contributed by atoms with van der Waals surface area (Å²) in [5.41, 5.74) is 5.42. The van der Waals surface area contributed by atoms with Crippen molar-refractivity contribution in [3.05, 3.63) is 48.6 Å². The minimum Gasteiger partial charge on any atom is -0.462 e. The number of unbranched alkanes of at least 4 members (excludes halogenated alkanes) is 58. The summed E-state index contributed by atoms with van der Waals surface area (Å²) in [5, 5.41) is 0. The lowest BCUT2D eigenvalue weighted by Crippen LogP contribution is -2.29. The molecule has 0 heterocycles. The molecular weight excluding hydrogens is 1170 g/mol. The maximum Gasteiger partial charge on any atom is 0.472 e. The van der Waals surface area contributed by atoms with Crippen molar-refractivity contribution in [3.63, 3.8) is 0 Å². The fourth-order valence-electron chi connectivity index (χ4n) is 12.6. The van der Waals surface area contributed by atoms with Crippen LogP contribution in [-0.4, -0.2) is 49.3 Å². The normalized spacial score (nSPS) is 13.0. The van der Waals surface area contributed by atoms with Gasteiger partial charge >= 0.3 is 19.8 Å². The summed E-state index contributed by atoms with van der Waals surface area (Å²) in [7, 11) is -4.39. The Kier molecular flexibility index (Phi) is 77.2. The number of esters is 2. The zero-order valence-electron chi connectivity index (χ0n) is 62.0. The Labute approximate surface area is 578 Å². The van der Waals surface area contributed by atoms with Gasteiger partial charge in [0.15, 0.2) is 6.10 Å². The van der Waals surface area contributed by atoms with Crippen LogP contribution in [-0.2, 0) is 32.7 Å². The number of carbonyl (C=O) groups is 2. The van der Waals surface area contributed by atoms with Crippen molar-refractivity contribution < 1.29 is 37.6 Å². The number of hydrogen-bond acceptors (Lipinski definition) is 8. The smallest absolute Gasteiger partial charge is 0.462 e. The Morgan fingerprint density at radius 1 is 0.323 bits per heavy atom. The van der Waals surface area contributed by atoms with E-state index in [4.69, 9.17) is 24.3 Å². The summed E-state index contributed by atoms with van der Waals surface area (Å²) in [6.07, 6.45) is 103. The average Bonchev–Trinajstić information content (AvgIpc) is 3.60. The monoisotopic (exact) mass is 1330 g/mol. The van der Waals surface area contributed by atoms with E-state index < -0.39 is 26.5 Å². The van der Waals surface area contributed by atoms with Gasteiger partial charge in [-0.3, -0.25) is 18.6 Å². The lowest BCUT2D eigenvalue weighted by atomic mass is 10.0. The van der Waals surface area contributed by atoms with E-state index in [-0.39, 0.29) is 38.6 Å². The molecule has 0 aromatic heterocycles. The second kappa shape index (κ2) is 79.0. The third-order valence-corrected chi connectivity index (χ3v) is 19.7. The molecule has 0 aromatic rings. The highest BCUT2D eigenvalue weighted by atomic mass is 31.2. The third-order valence-electron chi connectivity index (χ3n) is 18.7. The van der Waals surface area contributed by atoms with Crippen molar-refractivity contribution in [2.75, 3.05) is 26.4 Å². The number of carbonyl (C=O) groups excluding carboxylic acids is 2. The molecule has 9 nitrogen and oxygen atoms in total. The van der Waals surface area contributed by atoms with Crippen LogP contribution in [0, 0.1) is 0 Å². The summed E-state index contributed by atoms with van der Waals surface area (Å²) in [4.78, 5) is 35.5. The summed E-state index contributed by atoms with van der Waals surface area (Å²) < 4.78 is 33.3. The SMILES string of the molecule is CCCCCCC/C=C\C/C=C\CCCCCCCCCCCCCCCCCCCCCCCCCCCCCC(=O)OC(COC(=O)CCCCCCCCCCCCCCCCCCCCCCC/C=C\C/C=C\CCCCCCC)COP(=O)(O)OCCN. The van der Waals surface area contributed by atoms with E-state index >= 15 is 0 Å². The Bertz CT molecular complexity index is 1670. The highest BCUT2D eigenvalue weighted by Gasteiger charge is 2.26. The number of allylic oxidation sites excluding steroid dienone is 8. The van der Waals surface area contributed by atoms with E-state index in [9.17, 15) is 19.0 Å². The first-order valence-corrected chi connectivity index (χ1v) is 42.6. The Balaban J connectivity index is 3.73. The number of hydrogen-bond donors (Lipinski definition) is 2. The molecule has 3 N–H and O–H groups in total. The van der Waals surface area contributed by atoms with E-state index in [2.05, 4.69) is 62.5 Å². The number of rotatable bonds is 79. The van der Waals surface area contributed by atoms with E-state index in [0.29, 0.717) is 6.42 Å². The van der Waals surface area contributed by atoms with Crippen molar-refractivity contribution in [3.8, 4) is 0 Å². The lowest BCUT2D eigenvalue weighted by molar-refractivity contribution is -0.161. The lowest BCUT2D eigenvalue weighted by Gasteiger charge is -2.19. The maximum absolute atomic E-state index is 12.8. The van der Waals surface area contributed by atoms with E-state index in [1.54, 1.807) is 0 Å². The van der Waals surface area contributed by atoms with Gasteiger partial charge in [0.05, 0.1) is 13.2 Å². The topological polar surface area (TPSA) is 134 Å². The molecule has 0 saturated carbocycles. The first kappa shape index (κ1) is 91.0. The van der Waals surface area contributed by atoms with E-state index in [0.717, 1.165) is 44.9 Å². The van der Waals surface area contributed by atoms with Crippen LogP contribution in [0.3, 0.4) is 0 Å². The van der Waals surface area contributed by atoms with Crippen LogP contribution in [0.4, 0.5) is 0 Å². The highest BCUT2D eigenvalue weighted by Crippen LogP contribution is 2.43. The molecule has 0 aliphatic rings. The largest absolute Gasteiger partial charge is 0.472 e. The van der Waals surface area contributed by atoms with Gasteiger partial charge in [0, 0.05) is 19.4 Å². The molecule has 0 aliphatic heterocycles. The van der Waals surface area contributed by atoms with Gasteiger partial charge < -0.3 is 20.1 Å². The fourth-order valence-corrected chi connectivity index (χ4v) is 13.4. The second-order valence-corrected chi connectivity index (χ2v) is 29.4. The molecule has 2 atom stereocenters. The molecule has 548 valence electrons. The van der Waals surface area contributed by atoms with E-state index in [1.165, 1.54) is 360 Å². The van der Waals surface area contributed by atoms with Gasteiger partial charge in [-0.2, -0.15) is 0 Å². The molecule has 10 heteroatoms. The minimum atomic E-state index is -4.39. The van der Waals surface area contributed by atoms with Gasteiger partial charge in [-0.15, -0.1) is 0 Å². The number of phosphoric acid groups is 1. The number of nitrogens with two attached hydrogens (primary N) is 1. The molecule has 0 aromatic carbocycles. The van der Waals surface area contributed by atoms with Gasteiger partial charge in [0.25, 0.3) is 0 Å². The molecule has 0 rings (SSSR count). The average molecular weight is 1330 g/mol. The van der Waals surface area contributed by atoms with Crippen LogP contribution in [0.25, 0.3) is 0 Å². The van der Waals surface area contributed by atoms with Gasteiger partial charge in [-0.25, -0.2) is 4.57 Å². The Hall–Kier alpha value is -2.03. The fraction of sp³-hybridized carbons (Fsp3) is 0.880. The number of ether oxygens (including phenoxy) is 2. The summed E-state index contributed by atoms with van der Waals surface area (Å²) in [6.45, 7) is 3.81. The van der Waals surface area contributed by atoms with Crippen molar-refractivity contribution >= 4 is 19.8 Å². The molecule has 0 fully saturated rings. The van der Waals surface area contributed by atoms with Crippen molar-refractivity contribution in [1.29, 1.82) is 0 Å². The molecule has 0 spiro atoms. The zero-order chi connectivity index (χ0) is 67.2. The molecular formula is C83H158NO8P. The van der Waals surface area contributed by atoms with Crippen LogP contribution in [0.2, 0.25) is 0 Å². The molecule has 0 radical (unpaired) electrons. The van der Waals surface area contributed by atoms with Crippen LogP contribution in [0.1, 0.15) is 438 Å². The second-order valence-electron chi connectivity index (χ2n) is 28.0. The summed E-state index contributed by atoms with van der Waals surface area (Å²) in [6, 6.07) is 0. The quantitative estimate of drug-likeness (QED) is 0.0264. The minimum absolute atomic E-state index is 0.0563. The Morgan fingerprint density at radius 2 is 0.559 bits per heavy atom. The van der Waals surface area contributed by atoms with Crippen LogP contribution in [0.5, 0.6) is 0 Å². The van der Waals surface area contributed by atoms with Gasteiger partial charge in [0.1, 0.15) is 6.61 Å². The molecule has 2 unspecified atom stereocenters. The molecule has 0 amide bonds. The standard InChI is InChI=1S/C83H158NO8P/c1-3-5-7-9-11-13-15-17-19-21-23-25-27-29-31-33-35-37-38-39-40-41-42-44-46-48-50-52-54-56-58-60-62-64-66-68-70-72-74-76-83(86)92-81(80-91-93(87,88)90-78-77-84)79-89-82(85)75-73-71-69-67-65-63-61-59-57-55-53-51-49-47-45-43-36-34-32-30-28-26-24-22-20-18-16-14-12-10-8-6-4-2/h15-18,21-24,81H,3-14,19-20,25-80,84H2,1-2H3,(H,87,88)/b17-15-,18-16-,23-21-,24-22-. The third kappa shape index (κ3) is 78.8. The maximum atomic E-state index is 12.8. The van der Waals surface area contributed by atoms with Gasteiger partial charge in [-0.1, -0.05) is 396 Å². The molecule has 93 heavy (non-hydrogen) atoms. The predicted octanol–water partition coefficient (Wildman–Crippen LogP) is 27.5. The molecule has 0 aliphatic carbocycles. The van der Waals surface area contributed by atoms with Crippen molar-refractivity contribution in [2.24, 2.45) is 5.73 Å². The first-order valence-electron chi connectivity index (χ1n) is 41.1. The van der Waals surface area contributed by atoms with E-state index in [1.807, 2.05) is 0 Å². The molecule has 0 bridgehead atoms. The zero-order valence-corrected chi connectivity index (χ0v) is 62.9. The number of phosphoric ester groups is 1. The van der Waals surface area contributed by atoms with Gasteiger partial charge in [-0.05, 0) is 77.0 Å². The van der Waals surface area contributed by atoms with Crippen molar-refractivity contribution in [2.45, 2.75) is 444 Å². The highest BCUT2D eigenvalue weighted by molar-refractivity contribution is 7.47. The molecule has 0 saturated heterocycles. The van der Waals surface area contributed by atoms with Crippen LogP contribution in [0.15, 0.2) is 48.6 Å². The van der Waals surface area contributed by atoms with Crippen LogP contribution < -0.4 is 5.73 Å². The first-order chi connectivity index (χ1) is 45.8. The summed E-state index contributed by atoms with van der Waals surface area (Å²) >= 11 is 0. The Morgan fingerprint density at radius 3 is 0.817 bits per heavy atom. The predicted molar refractivity (Wildman–Crippen MR) is 404 cm³/mol.